The Hall–Kier alpha value is -2.17. The summed E-state index contributed by atoms with van der Waals surface area (Å²) in [6.45, 7) is 4.12. The normalized spacial score (nSPS) is 11.3. The summed E-state index contributed by atoms with van der Waals surface area (Å²) in [4.78, 5) is 12.1. The Morgan fingerprint density at radius 2 is 2.21 bits per heavy atom. The topological polar surface area (TPSA) is 59.4 Å². The maximum absolute atomic E-state index is 4.55. The van der Waals surface area contributed by atoms with Crippen LogP contribution in [-0.2, 0) is 19.9 Å². The van der Waals surface area contributed by atoms with Crippen molar-refractivity contribution in [2.24, 2.45) is 7.05 Å². The molecule has 0 atom stereocenters. The fraction of sp³-hybridized carbons (Fsp3) is 0.357. The van der Waals surface area contributed by atoms with Gasteiger partial charge in [-0.3, -0.25) is 4.68 Å². The largest absolute Gasteiger partial charge is 0.346 e. The molecule has 0 saturated carbocycles. The fourth-order valence-electron chi connectivity index (χ4n) is 2.26. The first-order chi connectivity index (χ1) is 9.17. The lowest BCUT2D eigenvalue weighted by Crippen LogP contribution is -2.00. The molecule has 0 radical (unpaired) electrons. The summed E-state index contributed by atoms with van der Waals surface area (Å²) in [5, 5.41) is 5.55. The van der Waals surface area contributed by atoms with E-state index in [1.54, 1.807) is 0 Å². The minimum Gasteiger partial charge on any atom is -0.346 e. The molecular weight excluding hydrogens is 238 g/mol. The van der Waals surface area contributed by atoms with Gasteiger partial charge in [-0.2, -0.15) is 5.10 Å². The van der Waals surface area contributed by atoms with Gasteiger partial charge in [0.05, 0.1) is 0 Å². The van der Waals surface area contributed by atoms with Crippen molar-refractivity contribution >= 4 is 11.0 Å². The van der Waals surface area contributed by atoms with Crippen LogP contribution < -0.4 is 0 Å². The van der Waals surface area contributed by atoms with Crippen molar-refractivity contribution in [3.63, 3.8) is 0 Å². The van der Waals surface area contributed by atoms with Crippen LogP contribution in [0, 0.1) is 6.92 Å². The summed E-state index contributed by atoms with van der Waals surface area (Å²) in [7, 11) is 1.94. The van der Waals surface area contributed by atoms with Gasteiger partial charge in [0.2, 0.25) is 0 Å². The molecule has 0 bridgehead atoms. The number of hydrogen-bond donors (Lipinski definition) is 1. The highest BCUT2D eigenvalue weighted by Gasteiger charge is 2.10. The molecule has 0 saturated heterocycles. The van der Waals surface area contributed by atoms with Crippen molar-refractivity contribution in [1.82, 2.24) is 24.7 Å². The number of aromatic amines is 1. The Labute approximate surface area is 111 Å². The first-order valence-corrected chi connectivity index (χ1v) is 6.48. The molecule has 3 rings (SSSR count). The van der Waals surface area contributed by atoms with Crippen LogP contribution in [0.4, 0.5) is 0 Å². The maximum atomic E-state index is 4.55. The number of hydrogen-bond acceptors (Lipinski definition) is 3. The zero-order chi connectivity index (χ0) is 13.4. The van der Waals surface area contributed by atoms with E-state index < -0.39 is 0 Å². The van der Waals surface area contributed by atoms with Crippen molar-refractivity contribution in [3.05, 3.63) is 41.2 Å². The predicted octanol–water partition coefficient (Wildman–Crippen LogP) is 2.15. The molecule has 3 heterocycles. The standard InChI is InChI=1S/C14H17N5/c1-4-12-17-13(19(3)18-12)6-10-8-16-14-11(10)5-9(2)7-15-14/h5,7-8H,4,6H2,1-3H3,(H,15,16). The molecule has 0 unspecified atom stereocenters. The van der Waals surface area contributed by atoms with Gasteiger partial charge < -0.3 is 4.98 Å². The second kappa shape index (κ2) is 4.50. The third-order valence-corrected chi connectivity index (χ3v) is 3.32. The monoisotopic (exact) mass is 255 g/mol. The first kappa shape index (κ1) is 11.9. The summed E-state index contributed by atoms with van der Waals surface area (Å²) in [5.41, 5.74) is 3.31. The molecule has 0 aliphatic heterocycles. The van der Waals surface area contributed by atoms with Crippen LogP contribution in [0.1, 0.15) is 29.7 Å². The Kier molecular flexibility index (Phi) is 2.81. The highest BCUT2D eigenvalue weighted by Crippen LogP contribution is 2.20. The molecular formula is C14H17N5. The summed E-state index contributed by atoms with van der Waals surface area (Å²) >= 11 is 0. The molecule has 0 fully saturated rings. The SMILES string of the molecule is CCc1nc(Cc2c[nH]c3ncc(C)cc23)n(C)n1. The highest BCUT2D eigenvalue weighted by atomic mass is 15.3. The van der Waals surface area contributed by atoms with E-state index in [-0.39, 0.29) is 0 Å². The Balaban J connectivity index is 2.00. The third kappa shape index (κ3) is 2.12. The van der Waals surface area contributed by atoms with Gasteiger partial charge in [-0.05, 0) is 24.1 Å². The summed E-state index contributed by atoms with van der Waals surface area (Å²) < 4.78 is 1.86. The van der Waals surface area contributed by atoms with Crippen molar-refractivity contribution in [2.75, 3.05) is 0 Å². The summed E-state index contributed by atoms with van der Waals surface area (Å²) in [5.74, 6) is 1.88. The van der Waals surface area contributed by atoms with Crippen LogP contribution in [0.3, 0.4) is 0 Å². The molecule has 3 aromatic heterocycles. The molecule has 0 aromatic carbocycles. The van der Waals surface area contributed by atoms with Gasteiger partial charge in [-0.1, -0.05) is 6.92 Å². The molecule has 0 spiro atoms. The number of aromatic nitrogens is 5. The number of pyridine rings is 1. The first-order valence-electron chi connectivity index (χ1n) is 6.48. The second-order valence-electron chi connectivity index (χ2n) is 4.82. The van der Waals surface area contributed by atoms with Crippen molar-refractivity contribution in [2.45, 2.75) is 26.7 Å². The molecule has 0 amide bonds. The van der Waals surface area contributed by atoms with E-state index in [4.69, 9.17) is 0 Å². The number of nitrogens with one attached hydrogen (secondary N) is 1. The van der Waals surface area contributed by atoms with Crippen LogP contribution >= 0.6 is 0 Å². The number of fused-ring (bicyclic) bond motifs is 1. The molecule has 3 aromatic rings. The molecule has 0 aliphatic rings. The lowest BCUT2D eigenvalue weighted by molar-refractivity contribution is 0.708. The van der Waals surface area contributed by atoms with Crippen molar-refractivity contribution in [3.8, 4) is 0 Å². The van der Waals surface area contributed by atoms with Crippen LogP contribution in [-0.4, -0.2) is 24.7 Å². The van der Waals surface area contributed by atoms with Gasteiger partial charge in [0.1, 0.15) is 11.5 Å². The van der Waals surface area contributed by atoms with Crippen LogP contribution in [0.5, 0.6) is 0 Å². The Morgan fingerprint density at radius 1 is 1.37 bits per heavy atom. The maximum Gasteiger partial charge on any atom is 0.150 e. The van der Waals surface area contributed by atoms with Gasteiger partial charge in [0, 0.05) is 37.7 Å². The number of aryl methyl sites for hydroxylation is 3. The molecule has 1 N–H and O–H groups in total. The lowest BCUT2D eigenvalue weighted by atomic mass is 10.1. The second-order valence-corrected chi connectivity index (χ2v) is 4.82. The molecule has 5 nitrogen and oxygen atoms in total. The number of rotatable bonds is 3. The van der Waals surface area contributed by atoms with E-state index in [2.05, 4.69) is 40.0 Å². The molecule has 19 heavy (non-hydrogen) atoms. The number of H-pyrrole nitrogens is 1. The van der Waals surface area contributed by atoms with E-state index in [0.29, 0.717) is 0 Å². The Morgan fingerprint density at radius 3 is 2.95 bits per heavy atom. The zero-order valence-electron chi connectivity index (χ0n) is 11.4. The molecule has 98 valence electrons. The van der Waals surface area contributed by atoms with Gasteiger partial charge in [-0.15, -0.1) is 0 Å². The summed E-state index contributed by atoms with van der Waals surface area (Å²) in [6, 6.07) is 2.16. The van der Waals surface area contributed by atoms with Crippen molar-refractivity contribution in [1.29, 1.82) is 0 Å². The quantitative estimate of drug-likeness (QED) is 0.780. The van der Waals surface area contributed by atoms with Gasteiger partial charge in [0.15, 0.2) is 5.82 Å². The zero-order valence-corrected chi connectivity index (χ0v) is 11.4. The van der Waals surface area contributed by atoms with Crippen molar-refractivity contribution < 1.29 is 0 Å². The average Bonchev–Trinajstić information content (AvgIpc) is 2.95. The third-order valence-electron chi connectivity index (χ3n) is 3.32. The Bertz CT molecular complexity index is 723. The van der Waals surface area contributed by atoms with E-state index in [1.807, 2.05) is 24.1 Å². The van der Waals surface area contributed by atoms with Crippen LogP contribution in [0.15, 0.2) is 18.5 Å². The average molecular weight is 255 g/mol. The highest BCUT2D eigenvalue weighted by molar-refractivity contribution is 5.80. The molecule has 0 aliphatic carbocycles. The van der Waals surface area contributed by atoms with E-state index in [1.165, 1.54) is 16.5 Å². The van der Waals surface area contributed by atoms with Gasteiger partial charge >= 0.3 is 0 Å². The number of nitrogens with zero attached hydrogens (tertiary/aromatic N) is 4. The lowest BCUT2D eigenvalue weighted by Gasteiger charge is -1.99. The van der Waals surface area contributed by atoms with Crippen LogP contribution in [0.2, 0.25) is 0 Å². The van der Waals surface area contributed by atoms with Crippen LogP contribution in [0.25, 0.3) is 11.0 Å². The summed E-state index contributed by atoms with van der Waals surface area (Å²) in [6.07, 6.45) is 5.52. The van der Waals surface area contributed by atoms with E-state index >= 15 is 0 Å². The molecule has 5 heteroatoms. The minimum atomic E-state index is 0.772. The predicted molar refractivity (Wildman–Crippen MR) is 74.0 cm³/mol. The fourth-order valence-corrected chi connectivity index (χ4v) is 2.26. The van der Waals surface area contributed by atoms with E-state index in [0.717, 1.165) is 30.1 Å². The minimum absolute atomic E-state index is 0.772. The van der Waals surface area contributed by atoms with Gasteiger partial charge in [-0.25, -0.2) is 9.97 Å². The van der Waals surface area contributed by atoms with E-state index in [9.17, 15) is 0 Å². The smallest absolute Gasteiger partial charge is 0.150 e. The van der Waals surface area contributed by atoms with Gasteiger partial charge in [0.25, 0.3) is 0 Å².